The molecule has 1 amide bonds. The molecule has 0 atom stereocenters. The number of rotatable bonds is 4. The Morgan fingerprint density at radius 1 is 1.23 bits per heavy atom. The van der Waals surface area contributed by atoms with Crippen molar-refractivity contribution in [3.8, 4) is 11.5 Å². The van der Waals surface area contributed by atoms with Crippen molar-refractivity contribution in [2.45, 2.75) is 19.1 Å². The third kappa shape index (κ3) is 3.55. The van der Waals surface area contributed by atoms with Crippen molar-refractivity contribution in [3.05, 3.63) is 23.8 Å². The van der Waals surface area contributed by atoms with Gasteiger partial charge in [-0.15, -0.1) is 0 Å². The zero-order valence-corrected chi connectivity index (χ0v) is 12.3. The van der Waals surface area contributed by atoms with Gasteiger partial charge in [-0.3, -0.25) is 4.79 Å². The molecule has 1 aromatic rings. The zero-order valence-electron chi connectivity index (χ0n) is 12.3. The fraction of sp³-hybridized carbons (Fsp3) is 0.467. The number of hydrazone groups is 1. The average Bonchev–Trinajstić information content (AvgIpc) is 2.93. The molecule has 2 aliphatic heterocycles. The number of ether oxygens (including phenoxy) is 4. The molecule has 2 aliphatic rings. The standard InChI is InChI=1S/C15H18N2O5/c1-15(21-6-7-22-15)9-14(18)17-16-10-11-2-3-12-13(8-11)20-5-4-19-12/h2-3,8,10H,4-7,9H2,1H3,(H,17,18)/b16-10-. The lowest BCUT2D eigenvalue weighted by molar-refractivity contribution is -0.159. The van der Waals surface area contributed by atoms with Gasteiger partial charge in [0.1, 0.15) is 13.2 Å². The smallest absolute Gasteiger partial charge is 0.245 e. The Labute approximate surface area is 128 Å². The SMILES string of the molecule is CC1(CC(=O)N/N=C\c2ccc3c(c2)OCCO3)OCCO1. The Balaban J connectivity index is 1.54. The lowest BCUT2D eigenvalue weighted by Gasteiger charge is -2.20. The molecule has 0 spiro atoms. The molecule has 1 saturated heterocycles. The summed E-state index contributed by atoms with van der Waals surface area (Å²) in [6.07, 6.45) is 1.65. The summed E-state index contributed by atoms with van der Waals surface area (Å²) in [6, 6.07) is 5.47. The normalized spacial score (nSPS) is 19.3. The van der Waals surface area contributed by atoms with Crippen molar-refractivity contribution in [2.24, 2.45) is 5.10 Å². The van der Waals surface area contributed by atoms with Gasteiger partial charge in [0.2, 0.25) is 5.91 Å². The average molecular weight is 306 g/mol. The van der Waals surface area contributed by atoms with E-state index in [1.165, 1.54) is 0 Å². The Morgan fingerprint density at radius 3 is 2.73 bits per heavy atom. The highest BCUT2D eigenvalue weighted by molar-refractivity contribution is 5.83. The van der Waals surface area contributed by atoms with Crippen LogP contribution in [0, 0.1) is 0 Å². The zero-order chi connectivity index (χ0) is 15.4. The molecule has 0 bridgehead atoms. The fourth-order valence-electron chi connectivity index (χ4n) is 2.31. The molecule has 0 aliphatic carbocycles. The van der Waals surface area contributed by atoms with Crippen LogP contribution in [-0.2, 0) is 14.3 Å². The van der Waals surface area contributed by atoms with Gasteiger partial charge < -0.3 is 18.9 Å². The number of nitrogens with one attached hydrogen (secondary N) is 1. The van der Waals surface area contributed by atoms with Crippen LogP contribution >= 0.6 is 0 Å². The number of hydrogen-bond donors (Lipinski definition) is 1. The van der Waals surface area contributed by atoms with E-state index in [2.05, 4.69) is 10.5 Å². The summed E-state index contributed by atoms with van der Waals surface area (Å²) in [6.45, 7) is 3.83. The van der Waals surface area contributed by atoms with Gasteiger partial charge in [0.25, 0.3) is 0 Å². The minimum Gasteiger partial charge on any atom is -0.486 e. The second-order valence-electron chi connectivity index (χ2n) is 5.20. The summed E-state index contributed by atoms with van der Waals surface area (Å²) >= 11 is 0. The van der Waals surface area contributed by atoms with E-state index in [-0.39, 0.29) is 12.3 Å². The monoisotopic (exact) mass is 306 g/mol. The largest absolute Gasteiger partial charge is 0.486 e. The molecule has 7 nitrogen and oxygen atoms in total. The molecular weight excluding hydrogens is 288 g/mol. The van der Waals surface area contributed by atoms with E-state index in [9.17, 15) is 4.79 Å². The fourth-order valence-corrected chi connectivity index (χ4v) is 2.31. The van der Waals surface area contributed by atoms with Gasteiger partial charge >= 0.3 is 0 Å². The van der Waals surface area contributed by atoms with Crippen molar-refractivity contribution < 1.29 is 23.7 Å². The van der Waals surface area contributed by atoms with Gasteiger partial charge in [-0.1, -0.05) is 0 Å². The summed E-state index contributed by atoms with van der Waals surface area (Å²) in [5, 5.41) is 3.93. The van der Waals surface area contributed by atoms with Gasteiger partial charge in [-0.05, 0) is 30.7 Å². The molecule has 2 heterocycles. The maximum atomic E-state index is 11.8. The first-order chi connectivity index (χ1) is 10.6. The summed E-state index contributed by atoms with van der Waals surface area (Å²) < 4.78 is 21.7. The molecular formula is C15H18N2O5. The van der Waals surface area contributed by atoms with Crippen LogP contribution in [-0.4, -0.2) is 44.3 Å². The summed E-state index contributed by atoms with van der Waals surface area (Å²) in [5.74, 6) is 0.284. The molecule has 0 aromatic heterocycles. The lowest BCUT2D eigenvalue weighted by Crippen LogP contribution is -2.33. The van der Waals surface area contributed by atoms with E-state index in [0.717, 1.165) is 11.3 Å². The van der Waals surface area contributed by atoms with Gasteiger partial charge in [0.15, 0.2) is 17.3 Å². The number of benzene rings is 1. The van der Waals surface area contributed by atoms with Gasteiger partial charge in [-0.2, -0.15) is 5.10 Å². The quantitative estimate of drug-likeness (QED) is 0.665. The van der Waals surface area contributed by atoms with Gasteiger partial charge in [0.05, 0.1) is 25.8 Å². The van der Waals surface area contributed by atoms with Crippen LogP contribution in [0.25, 0.3) is 0 Å². The third-order valence-electron chi connectivity index (χ3n) is 3.35. The maximum absolute atomic E-state index is 11.8. The van der Waals surface area contributed by atoms with Crippen LogP contribution in [0.15, 0.2) is 23.3 Å². The van der Waals surface area contributed by atoms with Gasteiger partial charge in [0, 0.05) is 0 Å². The molecule has 7 heteroatoms. The Morgan fingerprint density at radius 2 is 1.95 bits per heavy atom. The predicted octanol–water partition coefficient (Wildman–Crippen LogP) is 1.06. The second-order valence-corrected chi connectivity index (χ2v) is 5.20. The highest BCUT2D eigenvalue weighted by atomic mass is 16.7. The number of carbonyl (C=O) groups excluding carboxylic acids is 1. The third-order valence-corrected chi connectivity index (χ3v) is 3.35. The van der Waals surface area contributed by atoms with Crippen molar-refractivity contribution >= 4 is 12.1 Å². The number of amides is 1. The van der Waals surface area contributed by atoms with E-state index < -0.39 is 5.79 Å². The molecule has 1 fully saturated rings. The first kappa shape index (κ1) is 14.8. The molecule has 0 unspecified atom stereocenters. The molecule has 118 valence electrons. The van der Waals surface area contributed by atoms with Crippen LogP contribution in [0.5, 0.6) is 11.5 Å². The van der Waals surface area contributed by atoms with Crippen molar-refractivity contribution in [2.75, 3.05) is 26.4 Å². The number of fused-ring (bicyclic) bond motifs is 1. The summed E-state index contributed by atoms with van der Waals surface area (Å²) in [7, 11) is 0. The lowest BCUT2D eigenvalue weighted by atomic mass is 10.2. The Bertz CT molecular complexity index is 581. The molecule has 0 radical (unpaired) electrons. The Kier molecular flexibility index (Phi) is 4.26. The molecule has 1 N–H and O–H groups in total. The van der Waals surface area contributed by atoms with Crippen LogP contribution in [0.4, 0.5) is 0 Å². The Hall–Kier alpha value is -2.12. The van der Waals surface area contributed by atoms with Crippen LogP contribution in [0.3, 0.4) is 0 Å². The van der Waals surface area contributed by atoms with E-state index in [1.54, 1.807) is 13.1 Å². The van der Waals surface area contributed by atoms with E-state index in [4.69, 9.17) is 18.9 Å². The summed E-state index contributed by atoms with van der Waals surface area (Å²) in [4.78, 5) is 11.8. The van der Waals surface area contributed by atoms with E-state index in [0.29, 0.717) is 32.2 Å². The topological polar surface area (TPSA) is 78.4 Å². The minimum absolute atomic E-state index is 0.103. The van der Waals surface area contributed by atoms with Crippen molar-refractivity contribution in [3.63, 3.8) is 0 Å². The highest BCUT2D eigenvalue weighted by Gasteiger charge is 2.33. The molecule has 1 aromatic carbocycles. The van der Waals surface area contributed by atoms with Crippen LogP contribution in [0.2, 0.25) is 0 Å². The first-order valence-corrected chi connectivity index (χ1v) is 7.14. The van der Waals surface area contributed by atoms with E-state index in [1.807, 2.05) is 18.2 Å². The summed E-state index contributed by atoms with van der Waals surface area (Å²) in [5.41, 5.74) is 3.27. The second kappa shape index (κ2) is 6.33. The molecule has 22 heavy (non-hydrogen) atoms. The number of carbonyl (C=O) groups is 1. The van der Waals surface area contributed by atoms with Crippen LogP contribution < -0.4 is 14.9 Å². The van der Waals surface area contributed by atoms with Gasteiger partial charge in [-0.25, -0.2) is 5.43 Å². The van der Waals surface area contributed by atoms with Crippen LogP contribution in [0.1, 0.15) is 18.9 Å². The van der Waals surface area contributed by atoms with Crippen molar-refractivity contribution in [1.29, 1.82) is 0 Å². The predicted molar refractivity (Wildman–Crippen MR) is 78.1 cm³/mol. The van der Waals surface area contributed by atoms with Crippen molar-refractivity contribution in [1.82, 2.24) is 5.43 Å². The maximum Gasteiger partial charge on any atom is 0.245 e. The molecule has 0 saturated carbocycles. The molecule has 3 rings (SSSR count). The number of hydrogen-bond acceptors (Lipinski definition) is 6. The number of nitrogens with zero attached hydrogens (tertiary/aromatic N) is 1. The highest BCUT2D eigenvalue weighted by Crippen LogP contribution is 2.30. The minimum atomic E-state index is -0.851. The van der Waals surface area contributed by atoms with E-state index >= 15 is 0 Å². The first-order valence-electron chi connectivity index (χ1n) is 7.14.